The predicted molar refractivity (Wildman–Crippen MR) is 75.8 cm³/mol. The minimum Gasteiger partial charge on any atom is -0.480 e. The van der Waals surface area contributed by atoms with Gasteiger partial charge in [-0.1, -0.05) is 25.0 Å². The van der Waals surface area contributed by atoms with E-state index in [0.29, 0.717) is 36.8 Å². The molecule has 112 valence electrons. The Morgan fingerprint density at radius 2 is 1.86 bits per heavy atom. The zero-order chi connectivity index (χ0) is 15.5. The standard InChI is InChI=1S/C14H16N2O4S/c15-9-11-3-5-12(6-4-11)10-21(19,20)16-14(13(17)18)7-1-2-8-14/h3-6,16H,1-2,7-8,10H2,(H,17,18). The smallest absolute Gasteiger partial charge is 0.324 e. The average molecular weight is 308 g/mol. The highest BCUT2D eigenvalue weighted by Gasteiger charge is 2.44. The third-order valence-corrected chi connectivity index (χ3v) is 5.07. The molecule has 0 aromatic heterocycles. The maximum atomic E-state index is 12.2. The van der Waals surface area contributed by atoms with Crippen LogP contribution in [0.25, 0.3) is 0 Å². The van der Waals surface area contributed by atoms with E-state index in [2.05, 4.69) is 4.72 Å². The summed E-state index contributed by atoms with van der Waals surface area (Å²) in [6.45, 7) is 0. The van der Waals surface area contributed by atoms with E-state index in [1.807, 2.05) is 6.07 Å². The monoisotopic (exact) mass is 308 g/mol. The van der Waals surface area contributed by atoms with Gasteiger partial charge in [-0.3, -0.25) is 4.79 Å². The number of nitrogens with zero attached hydrogens (tertiary/aromatic N) is 1. The third kappa shape index (κ3) is 3.60. The molecule has 1 aromatic carbocycles. The first kappa shape index (κ1) is 15.5. The number of carboxylic acids is 1. The summed E-state index contributed by atoms with van der Waals surface area (Å²) in [6, 6.07) is 8.13. The van der Waals surface area contributed by atoms with Crippen molar-refractivity contribution in [3.63, 3.8) is 0 Å². The van der Waals surface area contributed by atoms with Gasteiger partial charge in [0.15, 0.2) is 0 Å². The Labute approximate surface area is 123 Å². The fourth-order valence-corrected chi connectivity index (χ4v) is 4.16. The highest BCUT2D eigenvalue weighted by molar-refractivity contribution is 7.88. The van der Waals surface area contributed by atoms with Gasteiger partial charge in [-0.05, 0) is 30.5 Å². The van der Waals surface area contributed by atoms with Crippen LogP contribution in [-0.4, -0.2) is 25.0 Å². The van der Waals surface area contributed by atoms with E-state index in [9.17, 15) is 18.3 Å². The molecule has 0 bridgehead atoms. The Bertz CT molecular complexity index is 668. The van der Waals surface area contributed by atoms with Crippen LogP contribution in [0.4, 0.5) is 0 Å². The molecule has 2 N–H and O–H groups in total. The minimum atomic E-state index is -3.75. The minimum absolute atomic E-state index is 0.298. The lowest BCUT2D eigenvalue weighted by molar-refractivity contribution is -0.143. The second kappa shape index (κ2) is 5.84. The van der Waals surface area contributed by atoms with Crippen LogP contribution in [0, 0.1) is 11.3 Å². The SMILES string of the molecule is N#Cc1ccc(CS(=O)(=O)NC2(C(=O)O)CCCC2)cc1. The van der Waals surface area contributed by atoms with Crippen molar-refractivity contribution in [2.75, 3.05) is 0 Å². The van der Waals surface area contributed by atoms with E-state index in [1.165, 1.54) is 12.1 Å². The highest BCUT2D eigenvalue weighted by atomic mass is 32.2. The van der Waals surface area contributed by atoms with Gasteiger partial charge in [-0.25, -0.2) is 8.42 Å². The number of benzene rings is 1. The topological polar surface area (TPSA) is 107 Å². The summed E-state index contributed by atoms with van der Waals surface area (Å²) in [6.07, 6.45) is 2.03. The van der Waals surface area contributed by atoms with Gasteiger partial charge in [0.05, 0.1) is 17.4 Å². The Morgan fingerprint density at radius 1 is 1.29 bits per heavy atom. The molecular weight excluding hydrogens is 292 g/mol. The number of carbonyl (C=O) groups is 1. The second-order valence-corrected chi connectivity index (χ2v) is 6.99. The number of aliphatic carboxylic acids is 1. The van der Waals surface area contributed by atoms with Crippen molar-refractivity contribution in [3.8, 4) is 6.07 Å². The zero-order valence-corrected chi connectivity index (χ0v) is 12.2. The molecule has 1 saturated carbocycles. The summed E-state index contributed by atoms with van der Waals surface area (Å²) >= 11 is 0. The summed E-state index contributed by atoms with van der Waals surface area (Å²) in [4.78, 5) is 11.4. The van der Waals surface area contributed by atoms with Crippen molar-refractivity contribution in [2.45, 2.75) is 37.0 Å². The molecule has 1 aliphatic carbocycles. The first-order valence-corrected chi connectivity index (χ1v) is 8.26. The van der Waals surface area contributed by atoms with Crippen molar-refractivity contribution in [1.29, 1.82) is 5.26 Å². The number of hydrogen-bond donors (Lipinski definition) is 2. The normalized spacial score (nSPS) is 17.3. The van der Waals surface area contributed by atoms with Gasteiger partial charge in [0.1, 0.15) is 5.54 Å². The van der Waals surface area contributed by atoms with Crippen LogP contribution in [0.5, 0.6) is 0 Å². The quantitative estimate of drug-likeness (QED) is 0.854. The maximum absolute atomic E-state index is 12.2. The molecule has 1 aliphatic rings. The summed E-state index contributed by atoms with van der Waals surface area (Å²) in [7, 11) is -3.75. The van der Waals surface area contributed by atoms with Crippen molar-refractivity contribution >= 4 is 16.0 Å². The summed E-state index contributed by atoms with van der Waals surface area (Å²) in [5.41, 5.74) is -0.409. The molecular formula is C14H16N2O4S. The molecule has 21 heavy (non-hydrogen) atoms. The largest absolute Gasteiger partial charge is 0.480 e. The van der Waals surface area contributed by atoms with Crippen LogP contribution in [0.15, 0.2) is 24.3 Å². The van der Waals surface area contributed by atoms with E-state index >= 15 is 0 Å². The second-order valence-electron chi connectivity index (χ2n) is 5.26. The van der Waals surface area contributed by atoms with Gasteiger partial charge in [-0.15, -0.1) is 0 Å². The van der Waals surface area contributed by atoms with Gasteiger partial charge >= 0.3 is 5.97 Å². The van der Waals surface area contributed by atoms with Crippen LogP contribution in [0.3, 0.4) is 0 Å². The third-order valence-electron chi connectivity index (χ3n) is 3.66. The van der Waals surface area contributed by atoms with E-state index in [1.54, 1.807) is 12.1 Å². The summed E-state index contributed by atoms with van der Waals surface area (Å²) in [5, 5.41) is 18.0. The Morgan fingerprint density at radius 3 is 2.33 bits per heavy atom. The van der Waals surface area contributed by atoms with Gasteiger partial charge in [0.25, 0.3) is 0 Å². The fourth-order valence-electron chi connectivity index (χ4n) is 2.57. The van der Waals surface area contributed by atoms with Crippen molar-refractivity contribution < 1.29 is 18.3 Å². The van der Waals surface area contributed by atoms with Crippen molar-refractivity contribution in [1.82, 2.24) is 4.72 Å². The van der Waals surface area contributed by atoms with Crippen molar-refractivity contribution in [3.05, 3.63) is 35.4 Å². The number of nitrogens with one attached hydrogen (secondary N) is 1. The number of rotatable bonds is 5. The van der Waals surface area contributed by atoms with E-state index in [0.717, 1.165) is 0 Å². The van der Waals surface area contributed by atoms with Crippen LogP contribution in [-0.2, 0) is 20.6 Å². The predicted octanol–water partition coefficient (Wildman–Crippen LogP) is 1.38. The van der Waals surface area contributed by atoms with Crippen molar-refractivity contribution in [2.24, 2.45) is 0 Å². The molecule has 0 saturated heterocycles. The molecule has 7 heteroatoms. The number of carboxylic acid groups (broad SMARTS) is 1. The van der Waals surface area contributed by atoms with Crippen LogP contribution < -0.4 is 4.72 Å². The molecule has 6 nitrogen and oxygen atoms in total. The lowest BCUT2D eigenvalue weighted by Crippen LogP contribution is -2.52. The number of nitriles is 1. The molecule has 0 heterocycles. The molecule has 0 radical (unpaired) electrons. The number of sulfonamides is 1. The molecule has 0 amide bonds. The van der Waals surface area contributed by atoms with Gasteiger partial charge in [0.2, 0.25) is 10.0 Å². The first-order chi connectivity index (χ1) is 9.87. The first-order valence-electron chi connectivity index (χ1n) is 6.61. The van der Waals surface area contributed by atoms with Gasteiger partial charge in [0, 0.05) is 0 Å². The Hall–Kier alpha value is -1.91. The van der Waals surface area contributed by atoms with Crippen LogP contribution >= 0.6 is 0 Å². The molecule has 1 fully saturated rings. The van der Waals surface area contributed by atoms with Crippen LogP contribution in [0.2, 0.25) is 0 Å². The molecule has 0 aliphatic heterocycles. The summed E-state index contributed by atoms with van der Waals surface area (Å²) < 4.78 is 26.7. The van der Waals surface area contributed by atoms with E-state index < -0.39 is 21.5 Å². The van der Waals surface area contributed by atoms with E-state index in [-0.39, 0.29) is 5.75 Å². The van der Waals surface area contributed by atoms with E-state index in [4.69, 9.17) is 5.26 Å². The zero-order valence-electron chi connectivity index (χ0n) is 11.4. The Balaban J connectivity index is 2.14. The highest BCUT2D eigenvalue weighted by Crippen LogP contribution is 2.31. The van der Waals surface area contributed by atoms with Gasteiger partial charge in [-0.2, -0.15) is 9.98 Å². The molecule has 0 atom stereocenters. The lowest BCUT2D eigenvalue weighted by Gasteiger charge is -2.25. The van der Waals surface area contributed by atoms with Crippen LogP contribution in [0.1, 0.15) is 36.8 Å². The maximum Gasteiger partial charge on any atom is 0.324 e. The van der Waals surface area contributed by atoms with Gasteiger partial charge < -0.3 is 5.11 Å². The molecule has 1 aromatic rings. The molecule has 2 rings (SSSR count). The fraction of sp³-hybridized carbons (Fsp3) is 0.429. The number of hydrogen-bond acceptors (Lipinski definition) is 4. The Kier molecular flexibility index (Phi) is 4.30. The average Bonchev–Trinajstić information content (AvgIpc) is 2.88. The molecule has 0 unspecified atom stereocenters. The lowest BCUT2D eigenvalue weighted by atomic mass is 10.0. The molecule has 0 spiro atoms. The summed E-state index contributed by atoms with van der Waals surface area (Å²) in [5.74, 6) is -1.42.